The molecule has 0 amide bonds. The minimum absolute atomic E-state index is 0.0790. The van der Waals surface area contributed by atoms with Crippen molar-refractivity contribution < 1.29 is 23.5 Å². The van der Waals surface area contributed by atoms with Crippen LogP contribution in [-0.2, 0) is 9.30 Å². The first-order chi connectivity index (χ1) is 9.92. The number of halogens is 1. The largest absolute Gasteiger partial charge is 0.382 e. The fraction of sp³-hybridized carbons (Fsp3) is 0.500. The van der Waals surface area contributed by atoms with E-state index in [0.717, 1.165) is 0 Å². The zero-order valence-electron chi connectivity index (χ0n) is 11.0. The molecule has 0 saturated heterocycles. The molecule has 116 valence electrons. The molecule has 0 saturated carbocycles. The van der Waals surface area contributed by atoms with E-state index in [1.807, 2.05) is 0 Å². The molecule has 4 N–H and O–H groups in total. The number of hydrogen-bond acceptors (Lipinski definition) is 6. The predicted molar refractivity (Wildman–Crippen MR) is 72.2 cm³/mol. The number of nitrogens with zero attached hydrogens (tertiary/aromatic N) is 4. The Balaban J connectivity index is 2.20. The Morgan fingerprint density at radius 2 is 2.19 bits per heavy atom. The number of aromatic nitrogens is 4. The maximum atomic E-state index is 12.7. The van der Waals surface area contributed by atoms with Crippen LogP contribution >= 0.6 is 7.60 Å². The topological polar surface area (TPSA) is 136 Å². The van der Waals surface area contributed by atoms with Gasteiger partial charge in [-0.25, -0.2) is 15.0 Å². The first kappa shape index (κ1) is 15.8. The third-order valence-corrected chi connectivity index (χ3v) is 3.31. The SMILES string of the molecule is Nc1ncnc2c1ncn2C(CCF)COCP(=O)(O)O. The molecular formula is C10H15FN5O4P. The van der Waals surface area contributed by atoms with Gasteiger partial charge >= 0.3 is 7.60 Å². The minimum atomic E-state index is -4.26. The van der Waals surface area contributed by atoms with E-state index in [2.05, 4.69) is 15.0 Å². The number of nitrogen functional groups attached to an aromatic ring is 1. The van der Waals surface area contributed by atoms with E-state index in [4.69, 9.17) is 20.3 Å². The molecule has 2 rings (SSSR count). The summed E-state index contributed by atoms with van der Waals surface area (Å²) in [6.07, 6.45) is 2.06. The van der Waals surface area contributed by atoms with E-state index >= 15 is 0 Å². The first-order valence-corrected chi connectivity index (χ1v) is 7.83. The predicted octanol–water partition coefficient (Wildman–Crippen LogP) is 0.461. The number of nitrogens with two attached hydrogens (primary N) is 1. The molecule has 2 heterocycles. The number of rotatable bonds is 7. The highest BCUT2D eigenvalue weighted by molar-refractivity contribution is 7.51. The van der Waals surface area contributed by atoms with Gasteiger partial charge in [0.2, 0.25) is 0 Å². The van der Waals surface area contributed by atoms with E-state index < -0.39 is 26.7 Å². The summed E-state index contributed by atoms with van der Waals surface area (Å²) >= 11 is 0. The fourth-order valence-corrected chi connectivity index (χ4v) is 2.22. The molecule has 0 spiro atoms. The molecule has 1 atom stereocenters. The zero-order valence-corrected chi connectivity index (χ0v) is 11.9. The molecule has 1 unspecified atom stereocenters. The average Bonchev–Trinajstić information content (AvgIpc) is 2.81. The monoisotopic (exact) mass is 319 g/mol. The van der Waals surface area contributed by atoms with E-state index in [1.165, 1.54) is 12.7 Å². The molecule has 0 aliphatic carbocycles. The van der Waals surface area contributed by atoms with Gasteiger partial charge in [0.1, 0.15) is 18.2 Å². The number of fused-ring (bicyclic) bond motifs is 1. The molecule has 2 aromatic rings. The second kappa shape index (κ2) is 6.44. The van der Waals surface area contributed by atoms with Crippen LogP contribution in [0, 0.1) is 0 Å². The van der Waals surface area contributed by atoms with Crippen LogP contribution in [0.3, 0.4) is 0 Å². The maximum absolute atomic E-state index is 12.7. The van der Waals surface area contributed by atoms with Crippen molar-refractivity contribution in [1.82, 2.24) is 19.5 Å². The zero-order chi connectivity index (χ0) is 15.5. The van der Waals surface area contributed by atoms with Gasteiger partial charge in [-0.05, 0) is 6.42 Å². The van der Waals surface area contributed by atoms with Crippen molar-refractivity contribution in [3.05, 3.63) is 12.7 Å². The van der Waals surface area contributed by atoms with Gasteiger partial charge in [0, 0.05) is 0 Å². The van der Waals surface area contributed by atoms with Gasteiger partial charge in [0.05, 0.1) is 25.7 Å². The Kier molecular flexibility index (Phi) is 4.84. The van der Waals surface area contributed by atoms with Crippen molar-refractivity contribution in [2.45, 2.75) is 12.5 Å². The molecule has 21 heavy (non-hydrogen) atoms. The highest BCUT2D eigenvalue weighted by atomic mass is 31.2. The summed E-state index contributed by atoms with van der Waals surface area (Å²) in [5.41, 5.74) is 6.47. The normalized spacial score (nSPS) is 13.7. The van der Waals surface area contributed by atoms with E-state index in [-0.39, 0.29) is 18.8 Å². The molecule has 0 aliphatic rings. The van der Waals surface area contributed by atoms with Crippen molar-refractivity contribution >= 4 is 24.6 Å². The quantitative estimate of drug-likeness (QED) is 0.626. The van der Waals surface area contributed by atoms with Gasteiger partial charge < -0.3 is 24.8 Å². The molecule has 0 radical (unpaired) electrons. The number of alkyl halides is 1. The van der Waals surface area contributed by atoms with Crippen LogP contribution in [0.1, 0.15) is 12.5 Å². The summed E-state index contributed by atoms with van der Waals surface area (Å²) < 4.78 is 30.0. The molecule has 0 bridgehead atoms. The highest BCUT2D eigenvalue weighted by Gasteiger charge is 2.19. The Hall–Kier alpha value is -1.61. The number of imidazole rings is 1. The van der Waals surface area contributed by atoms with E-state index in [9.17, 15) is 8.96 Å². The second-order valence-electron chi connectivity index (χ2n) is 4.38. The minimum Gasteiger partial charge on any atom is -0.382 e. The first-order valence-electron chi connectivity index (χ1n) is 6.03. The summed E-state index contributed by atoms with van der Waals surface area (Å²) in [5.74, 6) is 0.203. The summed E-state index contributed by atoms with van der Waals surface area (Å²) in [4.78, 5) is 29.4. The maximum Gasteiger partial charge on any atom is 0.350 e. The van der Waals surface area contributed by atoms with Crippen LogP contribution in [0.25, 0.3) is 11.2 Å². The van der Waals surface area contributed by atoms with Crippen LogP contribution in [0.15, 0.2) is 12.7 Å². The molecule has 2 aromatic heterocycles. The van der Waals surface area contributed by atoms with Crippen LogP contribution in [-0.4, -0.2) is 48.9 Å². The van der Waals surface area contributed by atoms with Gasteiger partial charge in [-0.1, -0.05) is 0 Å². The number of anilines is 1. The van der Waals surface area contributed by atoms with Gasteiger partial charge in [0.15, 0.2) is 11.5 Å². The lowest BCUT2D eigenvalue weighted by Gasteiger charge is -2.18. The Morgan fingerprint density at radius 1 is 1.43 bits per heavy atom. The fourth-order valence-electron chi connectivity index (χ4n) is 1.87. The summed E-state index contributed by atoms with van der Waals surface area (Å²) in [7, 11) is -4.26. The van der Waals surface area contributed by atoms with Crippen LogP contribution in [0.2, 0.25) is 0 Å². The van der Waals surface area contributed by atoms with Crippen molar-refractivity contribution in [3.63, 3.8) is 0 Å². The van der Waals surface area contributed by atoms with E-state index in [1.54, 1.807) is 4.57 Å². The van der Waals surface area contributed by atoms with E-state index in [0.29, 0.717) is 11.2 Å². The summed E-state index contributed by atoms with van der Waals surface area (Å²) in [6, 6.07) is -0.499. The van der Waals surface area contributed by atoms with Crippen molar-refractivity contribution in [2.24, 2.45) is 0 Å². The van der Waals surface area contributed by atoms with Crippen molar-refractivity contribution in [3.8, 4) is 0 Å². The van der Waals surface area contributed by atoms with Crippen molar-refractivity contribution in [1.29, 1.82) is 0 Å². The Morgan fingerprint density at radius 3 is 2.86 bits per heavy atom. The van der Waals surface area contributed by atoms with Crippen molar-refractivity contribution in [2.75, 3.05) is 25.4 Å². The molecule has 0 fully saturated rings. The number of hydrogen-bond donors (Lipinski definition) is 3. The molecule has 0 aromatic carbocycles. The smallest absolute Gasteiger partial charge is 0.350 e. The third-order valence-electron chi connectivity index (χ3n) is 2.79. The lowest BCUT2D eigenvalue weighted by atomic mass is 10.2. The van der Waals surface area contributed by atoms with Gasteiger partial charge in [-0.3, -0.25) is 8.96 Å². The summed E-state index contributed by atoms with van der Waals surface area (Å²) in [6.45, 7) is -0.700. The van der Waals surface area contributed by atoms with Gasteiger partial charge in [-0.2, -0.15) is 0 Å². The lowest BCUT2D eigenvalue weighted by Crippen LogP contribution is -2.17. The summed E-state index contributed by atoms with van der Waals surface area (Å²) in [5, 5.41) is 0. The molecule has 0 aliphatic heterocycles. The second-order valence-corrected chi connectivity index (χ2v) is 5.97. The number of ether oxygens (including phenoxy) is 1. The van der Waals surface area contributed by atoms with Gasteiger partial charge in [0.25, 0.3) is 0 Å². The van der Waals surface area contributed by atoms with Crippen LogP contribution in [0.5, 0.6) is 0 Å². The van der Waals surface area contributed by atoms with Crippen LogP contribution < -0.4 is 5.73 Å². The standard InChI is InChI=1S/C10H15FN5O4P/c11-2-1-7(3-20-6-21(17,18)19)16-5-15-8-9(12)13-4-14-10(8)16/h4-5,7H,1-3,6H2,(H2,12,13,14)(H2,17,18,19). The Labute approximate surface area is 119 Å². The molecule has 9 nitrogen and oxygen atoms in total. The van der Waals surface area contributed by atoms with Gasteiger partial charge in [-0.15, -0.1) is 0 Å². The molecular weight excluding hydrogens is 304 g/mol. The third kappa shape index (κ3) is 3.94. The molecule has 11 heteroatoms. The lowest BCUT2D eigenvalue weighted by molar-refractivity contribution is 0.118. The Bertz CT molecular complexity index is 660. The highest BCUT2D eigenvalue weighted by Crippen LogP contribution is 2.34. The average molecular weight is 319 g/mol. The van der Waals surface area contributed by atoms with Crippen LogP contribution in [0.4, 0.5) is 10.2 Å².